The minimum Gasteiger partial charge on any atom is -0.497 e. The van der Waals surface area contributed by atoms with Gasteiger partial charge in [-0.3, -0.25) is 4.79 Å². The molecule has 1 aromatic carbocycles. The molecule has 0 bridgehead atoms. The first-order chi connectivity index (χ1) is 9.65. The maximum absolute atomic E-state index is 11.5. The van der Waals surface area contributed by atoms with Crippen molar-refractivity contribution < 1.29 is 9.53 Å². The monoisotopic (exact) mass is 272 g/mol. The van der Waals surface area contributed by atoms with Crippen molar-refractivity contribution in [1.29, 1.82) is 0 Å². The van der Waals surface area contributed by atoms with Crippen LogP contribution in [0.5, 0.6) is 5.75 Å². The summed E-state index contributed by atoms with van der Waals surface area (Å²) in [6, 6.07) is 6.17. The number of nitrogens with two attached hydrogens (primary N) is 1. The van der Waals surface area contributed by atoms with Gasteiger partial charge in [0.25, 0.3) is 0 Å². The molecule has 0 saturated heterocycles. The highest BCUT2D eigenvalue weighted by Gasteiger charge is 2.27. The molecule has 1 aliphatic rings. The van der Waals surface area contributed by atoms with E-state index in [9.17, 15) is 4.79 Å². The fourth-order valence-corrected chi connectivity index (χ4v) is 3.36. The van der Waals surface area contributed by atoms with Crippen LogP contribution in [0.15, 0.2) is 18.2 Å². The maximum Gasteiger partial charge on any atom is 0.220 e. The first-order valence-corrected chi connectivity index (χ1v) is 7.13. The van der Waals surface area contributed by atoms with Crippen LogP contribution in [0.3, 0.4) is 0 Å². The van der Waals surface area contributed by atoms with Gasteiger partial charge in [0.15, 0.2) is 0 Å². The number of hydrogen-bond acceptors (Lipinski definition) is 2. The number of hydrogen-bond donors (Lipinski definition) is 1. The summed E-state index contributed by atoms with van der Waals surface area (Å²) in [5.74, 6) is 0.635. The average molecular weight is 272 g/mol. The van der Waals surface area contributed by atoms with Crippen LogP contribution < -0.4 is 10.5 Å². The van der Waals surface area contributed by atoms with Gasteiger partial charge in [0.2, 0.25) is 5.91 Å². The second-order valence-electron chi connectivity index (χ2n) is 5.39. The van der Waals surface area contributed by atoms with E-state index in [1.807, 2.05) is 6.07 Å². The van der Waals surface area contributed by atoms with Gasteiger partial charge in [-0.15, -0.1) is 0 Å². The van der Waals surface area contributed by atoms with E-state index in [0.717, 1.165) is 31.6 Å². The van der Waals surface area contributed by atoms with Gasteiger partial charge in [0.05, 0.1) is 7.11 Å². The van der Waals surface area contributed by atoms with Crippen molar-refractivity contribution in [3.05, 3.63) is 29.5 Å². The summed E-state index contributed by atoms with van der Waals surface area (Å²) in [5.41, 5.74) is 9.35. The Kier molecular flexibility index (Phi) is 3.16. The predicted molar refractivity (Wildman–Crippen MR) is 78.9 cm³/mol. The minimum atomic E-state index is -0.184. The molecule has 2 aromatic rings. The smallest absolute Gasteiger partial charge is 0.220 e. The van der Waals surface area contributed by atoms with Gasteiger partial charge in [-0.1, -0.05) is 0 Å². The number of methoxy groups -OCH3 is 1. The summed E-state index contributed by atoms with van der Waals surface area (Å²) in [7, 11) is 1.68. The normalized spacial score (nSPS) is 18.0. The van der Waals surface area contributed by atoms with Gasteiger partial charge >= 0.3 is 0 Å². The molecule has 2 N–H and O–H groups in total. The van der Waals surface area contributed by atoms with E-state index in [0.29, 0.717) is 0 Å². The second-order valence-corrected chi connectivity index (χ2v) is 5.39. The van der Waals surface area contributed by atoms with Gasteiger partial charge in [-0.25, -0.2) is 0 Å². The molecule has 106 valence electrons. The zero-order valence-corrected chi connectivity index (χ0v) is 12.0. The molecule has 1 heterocycles. The van der Waals surface area contributed by atoms with E-state index in [-0.39, 0.29) is 11.8 Å². The summed E-state index contributed by atoms with van der Waals surface area (Å²) in [4.78, 5) is 11.5. The van der Waals surface area contributed by atoms with Crippen molar-refractivity contribution in [1.82, 2.24) is 4.57 Å². The highest BCUT2D eigenvalue weighted by atomic mass is 16.5. The second kappa shape index (κ2) is 4.85. The van der Waals surface area contributed by atoms with Crippen LogP contribution in [0, 0.1) is 5.92 Å². The fraction of sp³-hybridized carbons (Fsp3) is 0.438. The number of primary amides is 1. The molecular weight excluding hydrogens is 252 g/mol. The highest BCUT2D eigenvalue weighted by molar-refractivity contribution is 5.88. The number of amides is 1. The molecule has 0 aliphatic heterocycles. The van der Waals surface area contributed by atoms with Gasteiger partial charge in [-0.05, 0) is 49.9 Å². The van der Waals surface area contributed by atoms with Crippen LogP contribution in [-0.4, -0.2) is 17.6 Å². The quantitative estimate of drug-likeness (QED) is 0.931. The molecule has 1 aliphatic carbocycles. The van der Waals surface area contributed by atoms with Gasteiger partial charge in [0, 0.05) is 29.1 Å². The molecular formula is C16H20N2O2. The topological polar surface area (TPSA) is 57.2 Å². The number of benzene rings is 1. The molecule has 4 heteroatoms. The lowest BCUT2D eigenvalue weighted by molar-refractivity contribution is -0.122. The summed E-state index contributed by atoms with van der Waals surface area (Å²) in [5, 5.41) is 1.20. The third-order valence-electron chi connectivity index (χ3n) is 4.39. The third-order valence-corrected chi connectivity index (χ3v) is 4.39. The van der Waals surface area contributed by atoms with E-state index in [1.165, 1.54) is 22.2 Å². The number of carbonyl (C=O) groups is 1. The third kappa shape index (κ3) is 1.87. The summed E-state index contributed by atoms with van der Waals surface area (Å²) >= 11 is 0. The van der Waals surface area contributed by atoms with Crippen LogP contribution in [0.2, 0.25) is 0 Å². The van der Waals surface area contributed by atoms with Crippen molar-refractivity contribution >= 4 is 16.8 Å². The van der Waals surface area contributed by atoms with E-state index in [1.54, 1.807) is 7.11 Å². The van der Waals surface area contributed by atoms with Crippen molar-refractivity contribution in [2.45, 2.75) is 32.7 Å². The number of fused-ring (bicyclic) bond motifs is 3. The van der Waals surface area contributed by atoms with Gasteiger partial charge < -0.3 is 15.0 Å². The molecule has 20 heavy (non-hydrogen) atoms. The number of ether oxygens (including phenoxy) is 1. The summed E-state index contributed by atoms with van der Waals surface area (Å²) < 4.78 is 7.68. The predicted octanol–water partition coefficient (Wildman–Crippen LogP) is 2.26. The van der Waals surface area contributed by atoms with E-state index >= 15 is 0 Å². The molecule has 4 nitrogen and oxygen atoms in total. The van der Waals surface area contributed by atoms with Gasteiger partial charge in [-0.2, -0.15) is 0 Å². The number of aryl methyl sites for hydroxylation is 1. The zero-order chi connectivity index (χ0) is 14.3. The Morgan fingerprint density at radius 3 is 2.95 bits per heavy atom. The Labute approximate surface area is 118 Å². The van der Waals surface area contributed by atoms with Crippen molar-refractivity contribution in [3.63, 3.8) is 0 Å². The number of rotatable bonds is 3. The fourth-order valence-electron chi connectivity index (χ4n) is 3.36. The van der Waals surface area contributed by atoms with Crippen molar-refractivity contribution in [2.75, 3.05) is 7.11 Å². The van der Waals surface area contributed by atoms with E-state index in [2.05, 4.69) is 23.6 Å². The molecule has 1 aromatic heterocycles. The molecule has 1 unspecified atom stereocenters. The highest BCUT2D eigenvalue weighted by Crippen LogP contribution is 2.36. The van der Waals surface area contributed by atoms with Crippen LogP contribution in [-0.2, 0) is 24.2 Å². The molecule has 0 spiro atoms. The summed E-state index contributed by atoms with van der Waals surface area (Å²) in [6.45, 7) is 3.10. The first-order valence-electron chi connectivity index (χ1n) is 7.13. The Morgan fingerprint density at radius 2 is 2.30 bits per heavy atom. The number of carbonyl (C=O) groups excluding carboxylic acids is 1. The van der Waals surface area contributed by atoms with E-state index < -0.39 is 0 Å². The van der Waals surface area contributed by atoms with Crippen LogP contribution in [0.4, 0.5) is 0 Å². The molecule has 1 amide bonds. The van der Waals surface area contributed by atoms with Crippen LogP contribution in [0.25, 0.3) is 10.9 Å². The van der Waals surface area contributed by atoms with Crippen molar-refractivity contribution in [3.8, 4) is 5.75 Å². The SMILES string of the molecule is CCn1c2c(c3cc(OC)ccc31)CC(C(N)=O)CC2. The maximum atomic E-state index is 11.5. The molecule has 0 fully saturated rings. The Morgan fingerprint density at radius 1 is 1.50 bits per heavy atom. The number of nitrogens with zero attached hydrogens (tertiary/aromatic N) is 1. The van der Waals surface area contributed by atoms with Crippen LogP contribution >= 0.6 is 0 Å². The zero-order valence-electron chi connectivity index (χ0n) is 12.0. The van der Waals surface area contributed by atoms with Crippen LogP contribution in [0.1, 0.15) is 24.6 Å². The van der Waals surface area contributed by atoms with Crippen molar-refractivity contribution in [2.24, 2.45) is 11.7 Å². The average Bonchev–Trinajstić information content (AvgIpc) is 2.79. The Hall–Kier alpha value is -1.97. The standard InChI is InChI=1S/C16H20N2O2/c1-3-18-14-6-4-10(16(17)19)8-12(14)13-9-11(20-2)5-7-15(13)18/h5,7,9-10H,3-4,6,8H2,1-2H3,(H2,17,19). The minimum absolute atomic E-state index is 0.0374. The molecule has 0 radical (unpaired) electrons. The number of aromatic nitrogens is 1. The first kappa shape index (κ1) is 13.0. The lowest BCUT2D eigenvalue weighted by atomic mass is 9.86. The van der Waals surface area contributed by atoms with Gasteiger partial charge in [0.1, 0.15) is 5.75 Å². The largest absolute Gasteiger partial charge is 0.497 e. The Bertz CT molecular complexity index is 673. The Balaban J connectivity index is 2.20. The van der Waals surface area contributed by atoms with E-state index in [4.69, 9.17) is 10.5 Å². The lowest BCUT2D eigenvalue weighted by Crippen LogP contribution is -2.28. The molecule has 3 rings (SSSR count). The lowest BCUT2D eigenvalue weighted by Gasteiger charge is -2.21. The summed E-state index contributed by atoms with van der Waals surface area (Å²) in [6.07, 6.45) is 2.53. The molecule has 0 saturated carbocycles. The molecule has 1 atom stereocenters.